The maximum absolute atomic E-state index is 5.53. The van der Waals surface area contributed by atoms with Gasteiger partial charge in [0.1, 0.15) is 18.1 Å². The number of para-hydroxylation sites is 2. The van der Waals surface area contributed by atoms with Crippen LogP contribution >= 0.6 is 0 Å². The lowest BCUT2D eigenvalue weighted by molar-refractivity contribution is 0.366. The number of methoxy groups -OCH3 is 1. The molecule has 1 saturated heterocycles. The molecule has 0 atom stereocenters. The topological polar surface area (TPSA) is 70.8 Å². The van der Waals surface area contributed by atoms with Crippen molar-refractivity contribution in [1.29, 1.82) is 0 Å². The lowest BCUT2D eigenvalue weighted by Crippen LogP contribution is -2.52. The molecule has 0 bridgehead atoms. The third-order valence-corrected chi connectivity index (χ3v) is 5.37. The Morgan fingerprint density at radius 3 is 2.59 bits per heavy atom. The fourth-order valence-corrected chi connectivity index (χ4v) is 3.43. The van der Waals surface area contributed by atoms with Crippen molar-refractivity contribution in [3.8, 4) is 5.75 Å². The third kappa shape index (κ3) is 5.19. The average molecular weight is 400 g/mol. The van der Waals surface area contributed by atoms with Crippen LogP contribution in [0, 0.1) is 6.92 Å². The first-order valence-corrected chi connectivity index (χ1v) is 10.4. The molecule has 1 fully saturated rings. The van der Waals surface area contributed by atoms with E-state index in [9.17, 15) is 0 Å². The standard InChI is InChI=1S/C21H33N7O/c1-5-6-11-22-21(23-16-20-25-24-17(2)26(20)3)28-14-12-27(13-15-28)18-9-7-8-10-19(18)29-4/h7-10H,5-6,11-16H2,1-4H3,(H,22,23). The zero-order valence-electron chi connectivity index (χ0n) is 18.1. The van der Waals surface area contributed by atoms with Crippen molar-refractivity contribution in [2.45, 2.75) is 33.2 Å². The van der Waals surface area contributed by atoms with Crippen LogP contribution in [-0.4, -0.2) is 65.5 Å². The number of aryl methyl sites for hydroxylation is 1. The van der Waals surface area contributed by atoms with Crippen LogP contribution in [0.2, 0.25) is 0 Å². The molecule has 8 heteroatoms. The Balaban J connectivity index is 1.67. The summed E-state index contributed by atoms with van der Waals surface area (Å²) in [5, 5.41) is 11.9. The van der Waals surface area contributed by atoms with Crippen molar-refractivity contribution in [1.82, 2.24) is 25.0 Å². The van der Waals surface area contributed by atoms with Gasteiger partial charge in [-0.05, 0) is 25.5 Å². The molecular weight excluding hydrogens is 366 g/mol. The highest BCUT2D eigenvalue weighted by Crippen LogP contribution is 2.28. The van der Waals surface area contributed by atoms with Crippen molar-refractivity contribution in [2.75, 3.05) is 44.7 Å². The van der Waals surface area contributed by atoms with E-state index in [1.807, 2.05) is 30.7 Å². The van der Waals surface area contributed by atoms with Gasteiger partial charge >= 0.3 is 0 Å². The average Bonchev–Trinajstić information content (AvgIpc) is 3.08. The van der Waals surface area contributed by atoms with Crippen LogP contribution in [0.25, 0.3) is 0 Å². The van der Waals surface area contributed by atoms with E-state index in [4.69, 9.17) is 9.73 Å². The second kappa shape index (κ2) is 10.1. The van der Waals surface area contributed by atoms with E-state index in [2.05, 4.69) is 44.4 Å². The summed E-state index contributed by atoms with van der Waals surface area (Å²) in [4.78, 5) is 9.58. The molecule has 0 saturated carbocycles. The third-order valence-electron chi connectivity index (χ3n) is 5.37. The van der Waals surface area contributed by atoms with Crippen molar-refractivity contribution >= 4 is 11.6 Å². The fraction of sp³-hybridized carbons (Fsp3) is 0.571. The molecular formula is C21H33N7O. The summed E-state index contributed by atoms with van der Waals surface area (Å²) in [6, 6.07) is 8.21. The van der Waals surface area contributed by atoms with Gasteiger partial charge in [-0.2, -0.15) is 0 Å². The van der Waals surface area contributed by atoms with Crippen molar-refractivity contribution < 1.29 is 4.74 Å². The van der Waals surface area contributed by atoms with Crippen LogP contribution in [0.5, 0.6) is 5.75 Å². The predicted octanol–water partition coefficient (Wildman–Crippen LogP) is 2.20. The van der Waals surface area contributed by atoms with E-state index < -0.39 is 0 Å². The zero-order chi connectivity index (χ0) is 20.6. The van der Waals surface area contributed by atoms with Gasteiger partial charge in [0.15, 0.2) is 11.8 Å². The van der Waals surface area contributed by atoms with Crippen LogP contribution in [0.1, 0.15) is 31.4 Å². The zero-order valence-corrected chi connectivity index (χ0v) is 18.1. The summed E-state index contributed by atoms with van der Waals surface area (Å²) in [6.07, 6.45) is 2.29. The smallest absolute Gasteiger partial charge is 0.194 e. The van der Waals surface area contributed by atoms with Crippen molar-refractivity contribution in [3.63, 3.8) is 0 Å². The van der Waals surface area contributed by atoms with Crippen LogP contribution in [0.4, 0.5) is 5.69 Å². The second-order valence-electron chi connectivity index (χ2n) is 7.29. The van der Waals surface area contributed by atoms with E-state index >= 15 is 0 Å². The van der Waals surface area contributed by atoms with Gasteiger partial charge in [-0.1, -0.05) is 25.5 Å². The first-order valence-electron chi connectivity index (χ1n) is 10.4. The van der Waals surface area contributed by atoms with Crippen molar-refractivity contribution in [2.24, 2.45) is 12.0 Å². The number of anilines is 1. The number of nitrogens with one attached hydrogen (secondary N) is 1. The predicted molar refractivity (Wildman–Crippen MR) is 117 cm³/mol. The Morgan fingerprint density at radius 1 is 1.17 bits per heavy atom. The van der Waals surface area contributed by atoms with Gasteiger partial charge in [-0.25, -0.2) is 4.99 Å². The second-order valence-corrected chi connectivity index (χ2v) is 7.29. The summed E-state index contributed by atoms with van der Waals surface area (Å²) >= 11 is 0. The number of hydrogen-bond donors (Lipinski definition) is 1. The highest BCUT2D eigenvalue weighted by molar-refractivity contribution is 5.80. The summed E-state index contributed by atoms with van der Waals surface area (Å²) in [6.45, 7) is 9.29. The number of guanidine groups is 1. The monoisotopic (exact) mass is 399 g/mol. The number of rotatable bonds is 7. The quantitative estimate of drug-likeness (QED) is 0.437. The number of unbranched alkanes of at least 4 members (excludes halogenated alkanes) is 1. The highest BCUT2D eigenvalue weighted by atomic mass is 16.5. The van der Waals surface area contributed by atoms with Crippen LogP contribution < -0.4 is 15.0 Å². The van der Waals surface area contributed by atoms with Gasteiger partial charge in [-0.15, -0.1) is 10.2 Å². The molecule has 0 radical (unpaired) electrons. The number of aliphatic imine (C=N–C) groups is 1. The molecule has 1 aliphatic rings. The minimum absolute atomic E-state index is 0.526. The van der Waals surface area contributed by atoms with Crippen LogP contribution in [0.15, 0.2) is 29.3 Å². The maximum atomic E-state index is 5.53. The maximum Gasteiger partial charge on any atom is 0.194 e. The van der Waals surface area contributed by atoms with Gasteiger partial charge < -0.3 is 24.4 Å². The Hall–Kier alpha value is -2.77. The Morgan fingerprint density at radius 2 is 1.93 bits per heavy atom. The summed E-state index contributed by atoms with van der Waals surface area (Å²) in [7, 11) is 3.71. The van der Waals surface area contributed by atoms with Gasteiger partial charge in [0.05, 0.1) is 12.8 Å². The SMILES string of the molecule is CCCCNC(=NCc1nnc(C)n1C)N1CCN(c2ccccc2OC)CC1. The number of piperazine rings is 1. The molecule has 1 aromatic carbocycles. The van der Waals surface area contributed by atoms with Gasteiger partial charge in [0.2, 0.25) is 0 Å². The first kappa shape index (κ1) is 21.0. The first-order chi connectivity index (χ1) is 14.1. The molecule has 0 amide bonds. The molecule has 2 heterocycles. The normalized spacial score (nSPS) is 15.0. The lowest BCUT2D eigenvalue weighted by atomic mass is 10.2. The molecule has 29 heavy (non-hydrogen) atoms. The van der Waals surface area contributed by atoms with E-state index in [1.165, 1.54) is 0 Å². The van der Waals surface area contributed by atoms with Crippen LogP contribution in [-0.2, 0) is 13.6 Å². The minimum Gasteiger partial charge on any atom is -0.495 e. The van der Waals surface area contributed by atoms with E-state index in [0.29, 0.717) is 6.54 Å². The van der Waals surface area contributed by atoms with Gasteiger partial charge in [-0.3, -0.25) is 0 Å². The molecule has 8 nitrogen and oxygen atoms in total. The van der Waals surface area contributed by atoms with Gasteiger partial charge in [0.25, 0.3) is 0 Å². The molecule has 2 aromatic rings. The van der Waals surface area contributed by atoms with E-state index in [1.54, 1.807) is 7.11 Å². The molecule has 0 spiro atoms. The molecule has 1 aromatic heterocycles. The van der Waals surface area contributed by atoms with E-state index in [-0.39, 0.29) is 0 Å². The summed E-state index contributed by atoms with van der Waals surface area (Å²) < 4.78 is 7.53. The largest absolute Gasteiger partial charge is 0.495 e. The van der Waals surface area contributed by atoms with E-state index in [0.717, 1.165) is 74.6 Å². The number of benzene rings is 1. The number of ether oxygens (including phenoxy) is 1. The summed E-state index contributed by atoms with van der Waals surface area (Å²) in [5.41, 5.74) is 1.15. The molecule has 0 aliphatic carbocycles. The van der Waals surface area contributed by atoms with Crippen molar-refractivity contribution in [3.05, 3.63) is 35.9 Å². The molecule has 1 N–H and O–H groups in total. The Kier molecular flexibility index (Phi) is 7.32. The molecule has 158 valence electrons. The molecule has 0 unspecified atom stereocenters. The highest BCUT2D eigenvalue weighted by Gasteiger charge is 2.22. The number of nitrogens with zero attached hydrogens (tertiary/aromatic N) is 6. The molecule has 3 rings (SSSR count). The minimum atomic E-state index is 0.526. The lowest BCUT2D eigenvalue weighted by Gasteiger charge is -2.38. The van der Waals surface area contributed by atoms with Gasteiger partial charge in [0, 0.05) is 39.8 Å². The number of hydrogen-bond acceptors (Lipinski definition) is 5. The molecule has 1 aliphatic heterocycles. The number of aromatic nitrogens is 3. The Bertz CT molecular complexity index is 809. The summed E-state index contributed by atoms with van der Waals surface area (Å²) in [5.74, 6) is 3.67. The Labute approximate surface area is 173 Å². The fourth-order valence-electron chi connectivity index (χ4n) is 3.43. The van der Waals surface area contributed by atoms with Crippen LogP contribution in [0.3, 0.4) is 0 Å².